The SMILES string of the molecule is CC(C)C(NCCC1CCCO1)c1cccs1. The van der Waals surface area contributed by atoms with Gasteiger partial charge in [-0.2, -0.15) is 0 Å². The zero-order chi connectivity index (χ0) is 12.1. The molecule has 2 atom stereocenters. The van der Waals surface area contributed by atoms with Crippen molar-refractivity contribution in [1.29, 1.82) is 0 Å². The summed E-state index contributed by atoms with van der Waals surface area (Å²) in [6.07, 6.45) is 4.13. The summed E-state index contributed by atoms with van der Waals surface area (Å²) in [6.45, 7) is 6.58. The number of rotatable bonds is 6. The van der Waals surface area contributed by atoms with Gasteiger partial charge in [0.05, 0.1) is 6.10 Å². The third-order valence-electron chi connectivity index (χ3n) is 3.37. The van der Waals surface area contributed by atoms with Gasteiger partial charge in [0, 0.05) is 17.5 Å². The second-order valence-corrected chi connectivity index (χ2v) is 6.09. The first-order valence-corrected chi connectivity index (χ1v) is 7.53. The highest BCUT2D eigenvalue weighted by molar-refractivity contribution is 7.10. The van der Waals surface area contributed by atoms with Crippen molar-refractivity contribution in [2.75, 3.05) is 13.2 Å². The molecular formula is C14H23NOS. The van der Waals surface area contributed by atoms with Gasteiger partial charge in [-0.25, -0.2) is 0 Å². The van der Waals surface area contributed by atoms with Crippen molar-refractivity contribution >= 4 is 11.3 Å². The van der Waals surface area contributed by atoms with Crippen LogP contribution in [-0.2, 0) is 4.74 Å². The predicted octanol–water partition coefficient (Wildman–Crippen LogP) is 3.60. The summed E-state index contributed by atoms with van der Waals surface area (Å²) < 4.78 is 5.65. The van der Waals surface area contributed by atoms with Gasteiger partial charge in [-0.3, -0.25) is 0 Å². The standard InChI is InChI=1S/C14H23NOS/c1-11(2)14(13-6-4-10-17-13)15-8-7-12-5-3-9-16-12/h4,6,10-12,14-15H,3,5,7-9H2,1-2H3. The van der Waals surface area contributed by atoms with Crippen LogP contribution in [0.5, 0.6) is 0 Å². The number of thiophene rings is 1. The van der Waals surface area contributed by atoms with Crippen molar-refractivity contribution in [3.8, 4) is 0 Å². The summed E-state index contributed by atoms with van der Waals surface area (Å²) in [4.78, 5) is 1.45. The summed E-state index contributed by atoms with van der Waals surface area (Å²) in [5, 5.41) is 5.84. The van der Waals surface area contributed by atoms with Crippen LogP contribution in [0, 0.1) is 5.92 Å². The lowest BCUT2D eigenvalue weighted by atomic mass is 10.0. The molecule has 2 rings (SSSR count). The van der Waals surface area contributed by atoms with Crippen LogP contribution in [0.15, 0.2) is 17.5 Å². The van der Waals surface area contributed by atoms with Gasteiger partial charge >= 0.3 is 0 Å². The first kappa shape index (κ1) is 13.1. The third-order valence-corrected chi connectivity index (χ3v) is 4.33. The number of hydrogen-bond donors (Lipinski definition) is 1. The first-order chi connectivity index (χ1) is 8.27. The fourth-order valence-corrected chi connectivity index (χ4v) is 3.38. The van der Waals surface area contributed by atoms with E-state index in [9.17, 15) is 0 Å². The Morgan fingerprint density at radius 3 is 3.00 bits per heavy atom. The predicted molar refractivity (Wildman–Crippen MR) is 73.5 cm³/mol. The average Bonchev–Trinajstić information content (AvgIpc) is 2.96. The van der Waals surface area contributed by atoms with Crippen molar-refractivity contribution in [3.63, 3.8) is 0 Å². The Bertz CT molecular complexity index is 304. The van der Waals surface area contributed by atoms with Crippen LogP contribution in [0.3, 0.4) is 0 Å². The van der Waals surface area contributed by atoms with Crippen molar-refractivity contribution in [1.82, 2.24) is 5.32 Å². The zero-order valence-electron chi connectivity index (χ0n) is 10.8. The van der Waals surface area contributed by atoms with E-state index in [1.165, 1.54) is 17.7 Å². The summed E-state index contributed by atoms with van der Waals surface area (Å²) in [6, 6.07) is 4.86. The molecule has 2 heterocycles. The Morgan fingerprint density at radius 1 is 1.53 bits per heavy atom. The molecule has 2 nitrogen and oxygen atoms in total. The molecule has 1 aromatic heterocycles. The van der Waals surface area contributed by atoms with E-state index in [2.05, 4.69) is 36.7 Å². The molecule has 0 bridgehead atoms. The maximum absolute atomic E-state index is 5.65. The average molecular weight is 253 g/mol. The maximum atomic E-state index is 5.65. The van der Waals surface area contributed by atoms with Crippen LogP contribution in [-0.4, -0.2) is 19.3 Å². The Balaban J connectivity index is 1.78. The van der Waals surface area contributed by atoms with Crippen LogP contribution in [0.4, 0.5) is 0 Å². The van der Waals surface area contributed by atoms with Gasteiger partial charge in [-0.05, 0) is 43.2 Å². The van der Waals surface area contributed by atoms with Gasteiger partial charge < -0.3 is 10.1 Å². The zero-order valence-corrected chi connectivity index (χ0v) is 11.6. The number of ether oxygens (including phenoxy) is 1. The maximum Gasteiger partial charge on any atom is 0.0588 e. The fraction of sp³-hybridized carbons (Fsp3) is 0.714. The molecule has 1 aliphatic heterocycles. The molecule has 0 radical (unpaired) electrons. The lowest BCUT2D eigenvalue weighted by Gasteiger charge is -2.22. The highest BCUT2D eigenvalue weighted by Gasteiger charge is 2.18. The van der Waals surface area contributed by atoms with Crippen molar-refractivity contribution in [2.45, 2.75) is 45.3 Å². The van der Waals surface area contributed by atoms with Gasteiger partial charge in [0.2, 0.25) is 0 Å². The van der Waals surface area contributed by atoms with Crippen molar-refractivity contribution in [2.24, 2.45) is 5.92 Å². The van der Waals surface area contributed by atoms with Crippen LogP contribution < -0.4 is 5.32 Å². The summed E-state index contributed by atoms with van der Waals surface area (Å²) >= 11 is 1.85. The molecule has 1 N–H and O–H groups in total. The monoisotopic (exact) mass is 253 g/mol. The number of nitrogens with one attached hydrogen (secondary N) is 1. The molecule has 0 saturated carbocycles. The molecule has 3 heteroatoms. The van der Waals surface area contributed by atoms with E-state index in [-0.39, 0.29) is 0 Å². The van der Waals surface area contributed by atoms with E-state index in [0.29, 0.717) is 18.1 Å². The molecule has 96 valence electrons. The Morgan fingerprint density at radius 2 is 2.41 bits per heavy atom. The molecule has 0 spiro atoms. The van der Waals surface area contributed by atoms with E-state index in [0.717, 1.165) is 19.6 Å². The van der Waals surface area contributed by atoms with E-state index in [1.54, 1.807) is 0 Å². The highest BCUT2D eigenvalue weighted by atomic mass is 32.1. The molecular weight excluding hydrogens is 230 g/mol. The Labute approximate surface area is 108 Å². The molecule has 0 aliphatic carbocycles. The molecule has 1 fully saturated rings. The smallest absolute Gasteiger partial charge is 0.0588 e. The lowest BCUT2D eigenvalue weighted by molar-refractivity contribution is 0.103. The minimum Gasteiger partial charge on any atom is -0.378 e. The lowest BCUT2D eigenvalue weighted by Crippen LogP contribution is -2.28. The second-order valence-electron chi connectivity index (χ2n) is 5.11. The quantitative estimate of drug-likeness (QED) is 0.836. The Hall–Kier alpha value is -0.380. The summed E-state index contributed by atoms with van der Waals surface area (Å²) in [5.41, 5.74) is 0. The fourth-order valence-electron chi connectivity index (χ4n) is 2.40. The minimum atomic E-state index is 0.497. The molecule has 1 aromatic rings. The van der Waals surface area contributed by atoms with Crippen molar-refractivity contribution < 1.29 is 4.74 Å². The van der Waals surface area contributed by atoms with E-state index >= 15 is 0 Å². The van der Waals surface area contributed by atoms with Crippen LogP contribution in [0.2, 0.25) is 0 Å². The third kappa shape index (κ3) is 3.80. The van der Waals surface area contributed by atoms with Gasteiger partial charge in [0.1, 0.15) is 0 Å². The van der Waals surface area contributed by atoms with Crippen molar-refractivity contribution in [3.05, 3.63) is 22.4 Å². The topological polar surface area (TPSA) is 21.3 Å². The first-order valence-electron chi connectivity index (χ1n) is 6.65. The molecule has 0 amide bonds. The second kappa shape index (κ2) is 6.53. The van der Waals surface area contributed by atoms with E-state index in [4.69, 9.17) is 4.74 Å². The van der Waals surface area contributed by atoms with Gasteiger partial charge in [0.15, 0.2) is 0 Å². The minimum absolute atomic E-state index is 0.497. The van der Waals surface area contributed by atoms with Crippen LogP contribution in [0.1, 0.15) is 44.0 Å². The summed E-state index contributed by atoms with van der Waals surface area (Å²) in [7, 11) is 0. The van der Waals surface area contributed by atoms with E-state index < -0.39 is 0 Å². The molecule has 1 aliphatic rings. The van der Waals surface area contributed by atoms with Crippen LogP contribution in [0.25, 0.3) is 0 Å². The molecule has 1 saturated heterocycles. The largest absolute Gasteiger partial charge is 0.378 e. The highest BCUT2D eigenvalue weighted by Crippen LogP contribution is 2.26. The molecule has 17 heavy (non-hydrogen) atoms. The molecule has 2 unspecified atom stereocenters. The number of hydrogen-bond acceptors (Lipinski definition) is 3. The van der Waals surface area contributed by atoms with Gasteiger partial charge in [0.25, 0.3) is 0 Å². The normalized spacial score (nSPS) is 22.2. The van der Waals surface area contributed by atoms with Crippen LogP contribution >= 0.6 is 11.3 Å². The Kier molecular flexibility index (Phi) is 5.01. The van der Waals surface area contributed by atoms with Gasteiger partial charge in [-0.15, -0.1) is 11.3 Å². The molecule has 0 aromatic carbocycles. The van der Waals surface area contributed by atoms with Gasteiger partial charge in [-0.1, -0.05) is 19.9 Å². The van der Waals surface area contributed by atoms with E-state index in [1.807, 2.05) is 11.3 Å². The summed E-state index contributed by atoms with van der Waals surface area (Å²) in [5.74, 6) is 0.637.